The molecule has 0 bridgehead atoms. The third kappa shape index (κ3) is 3.53. The fourth-order valence-corrected chi connectivity index (χ4v) is 2.43. The van der Waals surface area contributed by atoms with Crippen LogP contribution in [0.3, 0.4) is 0 Å². The highest BCUT2D eigenvalue weighted by molar-refractivity contribution is 5.94. The molecule has 1 aromatic rings. The number of benzene rings is 1. The summed E-state index contributed by atoms with van der Waals surface area (Å²) in [6.07, 6.45) is -3.31. The Labute approximate surface area is 119 Å². The van der Waals surface area contributed by atoms with Crippen LogP contribution in [0.4, 0.5) is 17.6 Å². The van der Waals surface area contributed by atoms with Gasteiger partial charge in [0.2, 0.25) is 0 Å². The Morgan fingerprint density at radius 1 is 1.29 bits per heavy atom. The predicted molar refractivity (Wildman–Crippen MR) is 69.4 cm³/mol. The number of piperidine rings is 1. The van der Waals surface area contributed by atoms with Gasteiger partial charge in [0.05, 0.1) is 5.56 Å². The highest BCUT2D eigenvalue weighted by Crippen LogP contribution is 2.32. The number of hydrogen-bond donors (Lipinski definition) is 1. The zero-order valence-corrected chi connectivity index (χ0v) is 11.5. The van der Waals surface area contributed by atoms with Gasteiger partial charge in [-0.25, -0.2) is 4.39 Å². The van der Waals surface area contributed by atoms with E-state index in [4.69, 9.17) is 0 Å². The van der Waals surface area contributed by atoms with Crippen LogP contribution in [0.2, 0.25) is 0 Å². The molecule has 0 saturated carbocycles. The molecule has 1 aliphatic rings. The van der Waals surface area contributed by atoms with Crippen molar-refractivity contribution in [3.05, 3.63) is 35.1 Å². The lowest BCUT2D eigenvalue weighted by atomic mass is 10.0. The van der Waals surface area contributed by atoms with Crippen molar-refractivity contribution in [1.82, 2.24) is 10.2 Å². The lowest BCUT2D eigenvalue weighted by molar-refractivity contribution is -0.140. The second-order valence-corrected chi connectivity index (χ2v) is 5.05. The predicted octanol–water partition coefficient (Wildman–Crippen LogP) is 2.67. The molecular formula is C14H16F4N2O. The molecule has 1 amide bonds. The van der Waals surface area contributed by atoms with Crippen LogP contribution < -0.4 is 5.32 Å². The van der Waals surface area contributed by atoms with Gasteiger partial charge in [-0.3, -0.25) is 4.79 Å². The van der Waals surface area contributed by atoms with Crippen LogP contribution in [0.25, 0.3) is 0 Å². The van der Waals surface area contributed by atoms with Gasteiger partial charge >= 0.3 is 6.18 Å². The Bertz CT molecular complexity index is 522. The largest absolute Gasteiger partial charge is 0.419 e. The van der Waals surface area contributed by atoms with E-state index in [9.17, 15) is 22.4 Å². The molecule has 1 fully saturated rings. The van der Waals surface area contributed by atoms with Gasteiger partial charge in [-0.1, -0.05) is 0 Å². The van der Waals surface area contributed by atoms with Gasteiger partial charge in [-0.2, -0.15) is 13.2 Å². The normalized spacial score (nSPS) is 17.1. The van der Waals surface area contributed by atoms with E-state index in [-0.39, 0.29) is 5.56 Å². The van der Waals surface area contributed by atoms with Crippen molar-refractivity contribution in [2.24, 2.45) is 0 Å². The first-order valence-electron chi connectivity index (χ1n) is 6.66. The third-order valence-corrected chi connectivity index (χ3v) is 3.71. The number of carbonyl (C=O) groups excluding carboxylic acids is 1. The highest BCUT2D eigenvalue weighted by atomic mass is 19.4. The van der Waals surface area contributed by atoms with E-state index >= 15 is 0 Å². The highest BCUT2D eigenvalue weighted by Gasteiger charge is 2.35. The SMILES string of the molecule is CNC1CCN(C(=O)c2ccc(F)c(C(F)(F)F)c2)CC1. The molecule has 1 aliphatic heterocycles. The van der Waals surface area contributed by atoms with Gasteiger partial charge in [0.15, 0.2) is 0 Å². The molecule has 0 spiro atoms. The first kappa shape index (κ1) is 15.8. The minimum absolute atomic E-state index is 0.133. The zero-order valence-electron chi connectivity index (χ0n) is 11.5. The minimum atomic E-state index is -4.81. The standard InChI is InChI=1S/C14H16F4N2O/c1-19-10-4-6-20(7-5-10)13(21)9-2-3-12(15)11(8-9)14(16,17)18/h2-3,8,10,19H,4-7H2,1H3. The summed E-state index contributed by atoms with van der Waals surface area (Å²) < 4.78 is 51.2. The van der Waals surface area contributed by atoms with Crippen molar-refractivity contribution in [3.63, 3.8) is 0 Å². The maximum atomic E-state index is 13.2. The fraction of sp³-hybridized carbons (Fsp3) is 0.500. The number of nitrogens with one attached hydrogen (secondary N) is 1. The van der Waals surface area contributed by atoms with Crippen LogP contribution in [-0.2, 0) is 6.18 Å². The molecule has 7 heteroatoms. The van der Waals surface area contributed by atoms with Crippen molar-refractivity contribution >= 4 is 5.91 Å². The molecule has 1 heterocycles. The Hall–Kier alpha value is -1.63. The first-order valence-corrected chi connectivity index (χ1v) is 6.66. The summed E-state index contributed by atoms with van der Waals surface area (Å²) in [6, 6.07) is 2.68. The lowest BCUT2D eigenvalue weighted by Crippen LogP contribution is -2.44. The smallest absolute Gasteiger partial charge is 0.339 e. The van der Waals surface area contributed by atoms with Gasteiger partial charge in [0.25, 0.3) is 5.91 Å². The van der Waals surface area contributed by atoms with Gasteiger partial charge in [-0.05, 0) is 38.1 Å². The van der Waals surface area contributed by atoms with Crippen LogP contribution in [0.1, 0.15) is 28.8 Å². The van der Waals surface area contributed by atoms with E-state index < -0.39 is 23.5 Å². The number of alkyl halides is 3. The summed E-state index contributed by atoms with van der Waals surface area (Å²) in [7, 11) is 1.83. The fourth-order valence-electron chi connectivity index (χ4n) is 2.43. The molecule has 0 radical (unpaired) electrons. The number of nitrogens with zero attached hydrogens (tertiary/aromatic N) is 1. The number of amides is 1. The van der Waals surface area contributed by atoms with Crippen molar-refractivity contribution in [2.75, 3.05) is 20.1 Å². The van der Waals surface area contributed by atoms with Gasteiger partial charge in [0, 0.05) is 24.7 Å². The number of rotatable bonds is 2. The zero-order chi connectivity index (χ0) is 15.6. The summed E-state index contributed by atoms with van der Waals surface area (Å²) in [5, 5.41) is 3.10. The summed E-state index contributed by atoms with van der Waals surface area (Å²) in [4.78, 5) is 13.7. The van der Waals surface area contributed by atoms with E-state index in [0.29, 0.717) is 31.3 Å². The summed E-state index contributed by atoms with van der Waals surface area (Å²) in [6.45, 7) is 0.951. The molecule has 0 aliphatic carbocycles. The second-order valence-electron chi connectivity index (χ2n) is 5.05. The molecule has 0 aromatic heterocycles. The van der Waals surface area contributed by atoms with Gasteiger partial charge < -0.3 is 10.2 Å². The number of hydrogen-bond acceptors (Lipinski definition) is 2. The third-order valence-electron chi connectivity index (χ3n) is 3.71. The number of halogens is 4. The van der Waals surface area contributed by atoms with Gasteiger partial charge in [-0.15, -0.1) is 0 Å². The Balaban J connectivity index is 2.17. The molecule has 1 aromatic carbocycles. The minimum Gasteiger partial charge on any atom is -0.339 e. The van der Waals surface area contributed by atoms with Crippen molar-refractivity contribution in [2.45, 2.75) is 25.1 Å². The Morgan fingerprint density at radius 2 is 1.90 bits per heavy atom. The van der Waals surface area contributed by atoms with Crippen LogP contribution in [0, 0.1) is 5.82 Å². The maximum Gasteiger partial charge on any atom is 0.419 e. The molecule has 0 atom stereocenters. The van der Waals surface area contributed by atoms with Crippen LogP contribution in [0.5, 0.6) is 0 Å². The summed E-state index contributed by atoms with van der Waals surface area (Å²) >= 11 is 0. The summed E-state index contributed by atoms with van der Waals surface area (Å²) in [5.41, 5.74) is -1.54. The first-order chi connectivity index (χ1) is 9.82. The molecule has 2 rings (SSSR count). The molecule has 1 saturated heterocycles. The second kappa shape index (κ2) is 6.01. The molecule has 21 heavy (non-hydrogen) atoms. The average molecular weight is 304 g/mol. The average Bonchev–Trinajstić information content (AvgIpc) is 2.46. The van der Waals surface area contributed by atoms with Crippen LogP contribution in [-0.4, -0.2) is 37.0 Å². The van der Waals surface area contributed by atoms with Crippen molar-refractivity contribution < 1.29 is 22.4 Å². The molecule has 3 nitrogen and oxygen atoms in total. The van der Waals surface area contributed by atoms with E-state index in [1.807, 2.05) is 7.05 Å². The molecule has 116 valence electrons. The number of likely N-dealkylation sites (tertiary alicyclic amines) is 1. The van der Waals surface area contributed by atoms with Crippen LogP contribution >= 0.6 is 0 Å². The van der Waals surface area contributed by atoms with Gasteiger partial charge in [0.1, 0.15) is 5.82 Å². The Kier molecular flexibility index (Phi) is 4.51. The van der Waals surface area contributed by atoms with E-state index in [2.05, 4.69) is 5.32 Å². The lowest BCUT2D eigenvalue weighted by Gasteiger charge is -2.32. The van der Waals surface area contributed by atoms with E-state index in [0.717, 1.165) is 18.9 Å². The van der Waals surface area contributed by atoms with Crippen molar-refractivity contribution in [3.8, 4) is 0 Å². The molecule has 0 unspecified atom stereocenters. The van der Waals surface area contributed by atoms with E-state index in [1.165, 1.54) is 4.90 Å². The Morgan fingerprint density at radius 3 is 2.43 bits per heavy atom. The van der Waals surface area contributed by atoms with E-state index in [1.54, 1.807) is 0 Å². The quantitative estimate of drug-likeness (QED) is 0.852. The molecule has 1 N–H and O–H groups in total. The van der Waals surface area contributed by atoms with Crippen LogP contribution in [0.15, 0.2) is 18.2 Å². The summed E-state index contributed by atoms with van der Waals surface area (Å²) in [5.74, 6) is -1.86. The maximum absolute atomic E-state index is 13.2. The van der Waals surface area contributed by atoms with Crippen molar-refractivity contribution in [1.29, 1.82) is 0 Å². The topological polar surface area (TPSA) is 32.3 Å². The molecular weight excluding hydrogens is 288 g/mol. The monoisotopic (exact) mass is 304 g/mol. The number of carbonyl (C=O) groups is 1.